The van der Waals surface area contributed by atoms with Crippen molar-refractivity contribution in [2.24, 2.45) is 0 Å². The molecule has 4 amide bonds. The fraction of sp³-hybridized carbons (Fsp3) is 0.269. The van der Waals surface area contributed by atoms with E-state index in [-0.39, 0.29) is 19.7 Å². The molecular weight excluding hydrogens is 434 g/mol. The van der Waals surface area contributed by atoms with Gasteiger partial charge in [0, 0.05) is 0 Å². The Morgan fingerprint density at radius 2 is 1.65 bits per heavy atom. The lowest BCUT2D eigenvalue weighted by Crippen LogP contribution is -2.43. The van der Waals surface area contributed by atoms with Gasteiger partial charge >= 0.3 is 6.03 Å². The minimum absolute atomic E-state index is 0.232. The summed E-state index contributed by atoms with van der Waals surface area (Å²) in [6.45, 7) is 4.27. The maximum absolute atomic E-state index is 13.2. The molecule has 0 aliphatic carbocycles. The average Bonchev–Trinajstić information content (AvgIpc) is 3.06. The number of nitrogens with zero attached hydrogens (tertiary/aromatic N) is 1. The summed E-state index contributed by atoms with van der Waals surface area (Å²) in [7, 11) is 0. The predicted molar refractivity (Wildman–Crippen MR) is 128 cm³/mol. The van der Waals surface area contributed by atoms with E-state index < -0.39 is 23.4 Å². The molecule has 8 heteroatoms. The number of nitrogens with one attached hydrogen (secondary N) is 2. The molecule has 1 saturated heterocycles. The number of hydrogen-bond acceptors (Lipinski definition) is 5. The van der Waals surface area contributed by atoms with E-state index in [1.807, 2.05) is 61.5 Å². The summed E-state index contributed by atoms with van der Waals surface area (Å²) < 4.78 is 11.0. The Kier molecular flexibility index (Phi) is 6.67. The van der Waals surface area contributed by atoms with Crippen LogP contribution in [0.4, 0.5) is 4.79 Å². The first-order valence-corrected chi connectivity index (χ1v) is 11.2. The molecule has 0 radical (unpaired) electrons. The molecule has 0 spiro atoms. The molecule has 0 aromatic heterocycles. The third kappa shape index (κ3) is 4.66. The molecule has 0 bridgehead atoms. The summed E-state index contributed by atoms with van der Waals surface area (Å²) in [6.07, 6.45) is 0. The highest BCUT2D eigenvalue weighted by atomic mass is 16.5. The van der Waals surface area contributed by atoms with E-state index in [0.29, 0.717) is 17.9 Å². The van der Waals surface area contributed by atoms with Crippen molar-refractivity contribution in [2.45, 2.75) is 19.4 Å². The van der Waals surface area contributed by atoms with Crippen LogP contribution < -0.4 is 20.1 Å². The summed E-state index contributed by atoms with van der Waals surface area (Å²) >= 11 is 0. The molecule has 2 N–H and O–H groups in total. The zero-order valence-electron chi connectivity index (χ0n) is 19.2. The van der Waals surface area contributed by atoms with Gasteiger partial charge in [-0.2, -0.15) is 0 Å². The van der Waals surface area contributed by atoms with E-state index in [0.717, 1.165) is 21.4 Å². The minimum Gasteiger partial charge on any atom is -0.494 e. The van der Waals surface area contributed by atoms with Crippen LogP contribution in [-0.4, -0.2) is 49.0 Å². The molecule has 8 nitrogen and oxygen atoms in total. The first-order chi connectivity index (χ1) is 16.4. The van der Waals surface area contributed by atoms with E-state index in [2.05, 4.69) is 10.6 Å². The molecule has 1 unspecified atom stereocenters. The molecule has 1 fully saturated rings. The number of fused-ring (bicyclic) bond motifs is 1. The second kappa shape index (κ2) is 9.82. The SMILES string of the molecule is CCOc1ccc(OCCNC(=O)CN2C(=O)NC(C)(c3cccc4ccccc34)C2=O)cc1. The summed E-state index contributed by atoms with van der Waals surface area (Å²) in [5.74, 6) is 0.500. The van der Waals surface area contributed by atoms with Crippen LogP contribution in [0.2, 0.25) is 0 Å². The maximum atomic E-state index is 13.2. The molecule has 3 aromatic rings. The highest BCUT2D eigenvalue weighted by Crippen LogP contribution is 2.33. The zero-order chi connectivity index (χ0) is 24.1. The largest absolute Gasteiger partial charge is 0.494 e. The van der Waals surface area contributed by atoms with E-state index in [1.165, 1.54) is 0 Å². The number of hydrogen-bond donors (Lipinski definition) is 2. The van der Waals surface area contributed by atoms with Crippen molar-refractivity contribution >= 4 is 28.6 Å². The van der Waals surface area contributed by atoms with Gasteiger partial charge in [-0.1, -0.05) is 42.5 Å². The zero-order valence-corrected chi connectivity index (χ0v) is 19.2. The van der Waals surface area contributed by atoms with Gasteiger partial charge in [0.25, 0.3) is 5.91 Å². The quantitative estimate of drug-likeness (QED) is 0.377. The summed E-state index contributed by atoms with van der Waals surface area (Å²) in [5, 5.41) is 7.29. The van der Waals surface area contributed by atoms with Gasteiger partial charge in [-0.05, 0) is 54.4 Å². The molecule has 1 aliphatic heterocycles. The lowest BCUT2D eigenvalue weighted by molar-refractivity contribution is -0.134. The molecule has 1 heterocycles. The summed E-state index contributed by atoms with van der Waals surface area (Å²) in [6, 6.07) is 19.9. The lowest BCUT2D eigenvalue weighted by atomic mass is 9.88. The van der Waals surface area contributed by atoms with Gasteiger partial charge in [0.2, 0.25) is 5.91 Å². The van der Waals surface area contributed by atoms with Gasteiger partial charge < -0.3 is 20.1 Å². The molecule has 1 atom stereocenters. The van der Waals surface area contributed by atoms with Crippen molar-refractivity contribution in [2.75, 3.05) is 26.3 Å². The Labute approximate surface area is 197 Å². The molecular formula is C26H27N3O5. The number of benzene rings is 3. The molecule has 34 heavy (non-hydrogen) atoms. The first-order valence-electron chi connectivity index (χ1n) is 11.2. The summed E-state index contributed by atoms with van der Waals surface area (Å²) in [4.78, 5) is 39.2. The van der Waals surface area contributed by atoms with Crippen molar-refractivity contribution in [1.82, 2.24) is 15.5 Å². The fourth-order valence-corrected chi connectivity index (χ4v) is 4.04. The van der Waals surface area contributed by atoms with Crippen LogP contribution >= 0.6 is 0 Å². The number of ether oxygens (including phenoxy) is 2. The second-order valence-corrected chi connectivity index (χ2v) is 8.08. The Balaban J connectivity index is 1.33. The second-order valence-electron chi connectivity index (χ2n) is 8.08. The van der Waals surface area contributed by atoms with Gasteiger partial charge in [-0.15, -0.1) is 0 Å². The van der Waals surface area contributed by atoms with Gasteiger partial charge in [0.1, 0.15) is 30.2 Å². The molecule has 0 saturated carbocycles. The Bertz CT molecular complexity index is 1210. The number of carbonyl (C=O) groups excluding carboxylic acids is 3. The highest BCUT2D eigenvalue weighted by Gasteiger charge is 2.50. The Morgan fingerprint density at radius 1 is 0.971 bits per heavy atom. The minimum atomic E-state index is -1.25. The lowest BCUT2D eigenvalue weighted by Gasteiger charge is -2.24. The first kappa shape index (κ1) is 23.1. The number of amides is 4. The average molecular weight is 462 g/mol. The topological polar surface area (TPSA) is 97.0 Å². The number of urea groups is 1. The van der Waals surface area contributed by atoms with Crippen LogP contribution in [0.3, 0.4) is 0 Å². The molecule has 176 valence electrons. The van der Waals surface area contributed by atoms with E-state index >= 15 is 0 Å². The fourth-order valence-electron chi connectivity index (χ4n) is 4.04. The number of rotatable bonds is 9. The standard InChI is InChI=1S/C26H27N3O5/c1-3-33-19-11-13-20(14-12-19)34-16-15-27-23(30)17-29-24(31)26(2,28-25(29)32)22-10-6-8-18-7-4-5-9-21(18)22/h4-14H,3,15-17H2,1-2H3,(H,27,30)(H,28,32). The van der Waals surface area contributed by atoms with Crippen LogP contribution in [0, 0.1) is 0 Å². The van der Waals surface area contributed by atoms with E-state index in [4.69, 9.17) is 9.47 Å². The van der Waals surface area contributed by atoms with Crippen molar-refractivity contribution in [3.8, 4) is 11.5 Å². The molecule has 3 aromatic carbocycles. The van der Waals surface area contributed by atoms with Gasteiger partial charge in [-0.25, -0.2) is 4.79 Å². The van der Waals surface area contributed by atoms with Gasteiger partial charge in [-0.3, -0.25) is 14.5 Å². The van der Waals surface area contributed by atoms with Crippen LogP contribution in [0.25, 0.3) is 10.8 Å². The van der Waals surface area contributed by atoms with Crippen LogP contribution in [0.1, 0.15) is 19.4 Å². The Hall–Kier alpha value is -4.07. The van der Waals surface area contributed by atoms with Crippen LogP contribution in [0.15, 0.2) is 66.7 Å². The highest BCUT2D eigenvalue weighted by molar-refractivity contribution is 6.10. The number of carbonyl (C=O) groups is 3. The van der Waals surface area contributed by atoms with Crippen molar-refractivity contribution in [3.63, 3.8) is 0 Å². The van der Waals surface area contributed by atoms with E-state index in [9.17, 15) is 14.4 Å². The van der Waals surface area contributed by atoms with Crippen LogP contribution in [-0.2, 0) is 15.1 Å². The van der Waals surface area contributed by atoms with E-state index in [1.54, 1.807) is 19.1 Å². The third-order valence-electron chi connectivity index (χ3n) is 5.73. The van der Waals surface area contributed by atoms with Crippen LogP contribution in [0.5, 0.6) is 11.5 Å². The predicted octanol–water partition coefficient (Wildman–Crippen LogP) is 3.20. The van der Waals surface area contributed by atoms with Gasteiger partial charge in [0.15, 0.2) is 0 Å². The maximum Gasteiger partial charge on any atom is 0.325 e. The van der Waals surface area contributed by atoms with Crippen molar-refractivity contribution in [3.05, 3.63) is 72.3 Å². The smallest absolute Gasteiger partial charge is 0.325 e. The van der Waals surface area contributed by atoms with Crippen molar-refractivity contribution < 1.29 is 23.9 Å². The van der Waals surface area contributed by atoms with Crippen molar-refractivity contribution in [1.29, 1.82) is 0 Å². The Morgan fingerprint density at radius 3 is 2.38 bits per heavy atom. The summed E-state index contributed by atoms with van der Waals surface area (Å²) in [5.41, 5.74) is -0.565. The monoisotopic (exact) mass is 461 g/mol. The molecule has 1 aliphatic rings. The number of imide groups is 1. The third-order valence-corrected chi connectivity index (χ3v) is 5.73. The normalized spacial score (nSPS) is 17.5. The molecule has 4 rings (SSSR count). The van der Waals surface area contributed by atoms with Gasteiger partial charge in [0.05, 0.1) is 13.2 Å².